The van der Waals surface area contributed by atoms with Crippen molar-refractivity contribution in [1.29, 1.82) is 0 Å². The van der Waals surface area contributed by atoms with Crippen molar-refractivity contribution in [2.45, 2.75) is 68.7 Å². The van der Waals surface area contributed by atoms with Crippen LogP contribution in [0.15, 0.2) is 30.3 Å². The Hall–Kier alpha value is -1.84. The average Bonchev–Trinajstić information content (AvgIpc) is 2.92. The summed E-state index contributed by atoms with van der Waals surface area (Å²) in [6, 6.07) is 10.1. The van der Waals surface area contributed by atoms with Gasteiger partial charge in [-0.1, -0.05) is 56.0 Å². The van der Waals surface area contributed by atoms with Crippen molar-refractivity contribution in [2.24, 2.45) is 11.1 Å². The van der Waals surface area contributed by atoms with Gasteiger partial charge in [-0.05, 0) is 43.1 Å². The second-order valence-corrected chi connectivity index (χ2v) is 8.04. The van der Waals surface area contributed by atoms with E-state index in [4.69, 9.17) is 5.73 Å². The molecule has 0 aliphatic heterocycles. The van der Waals surface area contributed by atoms with Crippen LogP contribution < -0.4 is 11.1 Å². The van der Waals surface area contributed by atoms with E-state index in [1.165, 1.54) is 12.8 Å². The van der Waals surface area contributed by atoms with Crippen molar-refractivity contribution in [3.8, 4) is 0 Å². The van der Waals surface area contributed by atoms with Gasteiger partial charge in [0.25, 0.3) is 0 Å². The maximum absolute atomic E-state index is 13.4. The van der Waals surface area contributed by atoms with E-state index in [1.807, 2.05) is 18.2 Å². The number of amides is 2. The molecule has 0 heterocycles. The first-order chi connectivity index (χ1) is 11.5. The lowest BCUT2D eigenvalue weighted by Crippen LogP contribution is -2.58. The number of nitrogens with one attached hydrogen (secondary N) is 1. The third-order valence-corrected chi connectivity index (χ3v) is 6.88. The van der Waals surface area contributed by atoms with E-state index in [2.05, 4.69) is 17.4 Å². The predicted octanol–water partition coefficient (Wildman–Crippen LogP) is 2.80. The van der Waals surface area contributed by atoms with Crippen molar-refractivity contribution in [2.75, 3.05) is 0 Å². The van der Waals surface area contributed by atoms with E-state index < -0.39 is 11.0 Å². The van der Waals surface area contributed by atoms with Gasteiger partial charge in [0.05, 0.1) is 5.41 Å². The Labute approximate surface area is 143 Å². The van der Waals surface area contributed by atoms with Crippen molar-refractivity contribution in [3.05, 3.63) is 35.9 Å². The zero-order valence-corrected chi connectivity index (χ0v) is 14.1. The van der Waals surface area contributed by atoms with Gasteiger partial charge in [-0.2, -0.15) is 0 Å². The molecule has 1 aromatic carbocycles. The molecule has 3 fully saturated rings. The maximum Gasteiger partial charge on any atom is 0.243 e. The van der Waals surface area contributed by atoms with Crippen LogP contribution in [0.4, 0.5) is 0 Å². The first-order valence-corrected chi connectivity index (χ1v) is 9.23. The quantitative estimate of drug-likeness (QED) is 0.893. The molecular weight excluding hydrogens is 300 g/mol. The third kappa shape index (κ3) is 2.04. The SMILES string of the molecule is NC(=O)C1(NC(=O)C2(c3ccccc3)CC23CCCC3)CCCC1. The van der Waals surface area contributed by atoms with Crippen molar-refractivity contribution >= 4 is 11.8 Å². The minimum atomic E-state index is -0.832. The summed E-state index contributed by atoms with van der Waals surface area (Å²) >= 11 is 0. The van der Waals surface area contributed by atoms with E-state index >= 15 is 0 Å². The summed E-state index contributed by atoms with van der Waals surface area (Å²) in [4.78, 5) is 25.5. The number of hydrogen-bond acceptors (Lipinski definition) is 2. The molecule has 1 spiro atoms. The first-order valence-electron chi connectivity index (χ1n) is 9.23. The Kier molecular flexibility index (Phi) is 3.48. The van der Waals surface area contributed by atoms with Gasteiger partial charge in [0.15, 0.2) is 0 Å². The van der Waals surface area contributed by atoms with Gasteiger partial charge in [-0.3, -0.25) is 9.59 Å². The van der Waals surface area contributed by atoms with Gasteiger partial charge in [-0.15, -0.1) is 0 Å². The van der Waals surface area contributed by atoms with Crippen LogP contribution in [0, 0.1) is 5.41 Å². The Morgan fingerprint density at radius 2 is 1.50 bits per heavy atom. The highest BCUT2D eigenvalue weighted by Crippen LogP contribution is 2.72. The van der Waals surface area contributed by atoms with Crippen LogP contribution in [0.5, 0.6) is 0 Å². The molecule has 1 unspecified atom stereocenters. The number of nitrogens with two attached hydrogens (primary N) is 1. The van der Waals surface area contributed by atoms with E-state index in [1.54, 1.807) is 0 Å². The van der Waals surface area contributed by atoms with Crippen LogP contribution in [0.3, 0.4) is 0 Å². The summed E-state index contributed by atoms with van der Waals surface area (Å²) < 4.78 is 0. The number of primary amides is 1. The number of benzene rings is 1. The van der Waals surface area contributed by atoms with Gasteiger partial charge >= 0.3 is 0 Å². The summed E-state index contributed by atoms with van der Waals surface area (Å²) in [7, 11) is 0. The molecule has 0 saturated heterocycles. The largest absolute Gasteiger partial charge is 0.368 e. The molecule has 0 radical (unpaired) electrons. The van der Waals surface area contributed by atoms with Crippen LogP contribution in [-0.2, 0) is 15.0 Å². The number of carbonyl (C=O) groups is 2. The Morgan fingerprint density at radius 1 is 0.917 bits per heavy atom. The number of hydrogen-bond donors (Lipinski definition) is 2. The van der Waals surface area contributed by atoms with Gasteiger partial charge < -0.3 is 11.1 Å². The van der Waals surface area contributed by atoms with Crippen LogP contribution >= 0.6 is 0 Å². The third-order valence-electron chi connectivity index (χ3n) is 6.88. The van der Waals surface area contributed by atoms with Crippen LogP contribution in [0.1, 0.15) is 63.4 Å². The van der Waals surface area contributed by atoms with E-state index in [9.17, 15) is 9.59 Å². The molecule has 4 heteroatoms. The zero-order valence-electron chi connectivity index (χ0n) is 14.1. The van der Waals surface area contributed by atoms with Crippen molar-refractivity contribution < 1.29 is 9.59 Å². The molecule has 4 rings (SSSR count). The minimum absolute atomic E-state index is 0.0244. The van der Waals surface area contributed by atoms with Gasteiger partial charge in [-0.25, -0.2) is 0 Å². The molecule has 2 amide bonds. The number of carbonyl (C=O) groups excluding carboxylic acids is 2. The second-order valence-electron chi connectivity index (χ2n) is 8.04. The molecule has 3 N–H and O–H groups in total. The van der Waals surface area contributed by atoms with E-state index in [-0.39, 0.29) is 17.2 Å². The first kappa shape index (κ1) is 15.7. The predicted molar refractivity (Wildman–Crippen MR) is 92.2 cm³/mol. The average molecular weight is 326 g/mol. The van der Waals surface area contributed by atoms with Crippen LogP contribution in [-0.4, -0.2) is 17.4 Å². The molecular formula is C20H26N2O2. The summed E-state index contributed by atoms with van der Waals surface area (Å²) in [5.74, 6) is -0.353. The molecule has 3 saturated carbocycles. The summed E-state index contributed by atoms with van der Waals surface area (Å²) in [5, 5.41) is 3.13. The molecule has 0 bridgehead atoms. The molecule has 24 heavy (non-hydrogen) atoms. The van der Waals surface area contributed by atoms with E-state index in [0.29, 0.717) is 12.8 Å². The maximum atomic E-state index is 13.4. The highest BCUT2D eigenvalue weighted by molar-refractivity contribution is 5.98. The fraction of sp³-hybridized carbons (Fsp3) is 0.600. The minimum Gasteiger partial charge on any atom is -0.368 e. The summed E-state index contributed by atoms with van der Waals surface area (Å²) in [6.45, 7) is 0. The highest BCUT2D eigenvalue weighted by Gasteiger charge is 2.72. The standard InChI is InChI=1S/C20H26N2O2/c21-16(23)19(12-6-7-13-19)22-17(24)20(15-8-2-1-3-9-15)14-18(20)10-4-5-11-18/h1-3,8-9H,4-7,10-14H2,(H2,21,23)(H,22,24). The van der Waals surface area contributed by atoms with Gasteiger partial charge in [0, 0.05) is 0 Å². The Morgan fingerprint density at radius 3 is 2.08 bits per heavy atom. The van der Waals surface area contributed by atoms with Crippen LogP contribution in [0.2, 0.25) is 0 Å². The second kappa shape index (κ2) is 5.33. The monoisotopic (exact) mass is 326 g/mol. The molecule has 0 aromatic heterocycles. The molecule has 128 valence electrons. The lowest BCUT2D eigenvalue weighted by atomic mass is 9.82. The molecule has 3 aliphatic rings. The lowest BCUT2D eigenvalue weighted by molar-refractivity contribution is -0.133. The normalized spacial score (nSPS) is 29.5. The van der Waals surface area contributed by atoms with Crippen molar-refractivity contribution in [1.82, 2.24) is 5.32 Å². The van der Waals surface area contributed by atoms with E-state index in [0.717, 1.165) is 37.7 Å². The lowest BCUT2D eigenvalue weighted by Gasteiger charge is -2.31. The Bertz CT molecular complexity index is 657. The summed E-state index contributed by atoms with van der Waals surface area (Å²) in [5.41, 5.74) is 5.57. The zero-order chi connectivity index (χ0) is 16.8. The molecule has 1 atom stereocenters. The Balaban J connectivity index is 1.68. The molecule has 4 nitrogen and oxygen atoms in total. The van der Waals surface area contributed by atoms with Gasteiger partial charge in [0.2, 0.25) is 11.8 Å². The number of rotatable bonds is 4. The van der Waals surface area contributed by atoms with Gasteiger partial charge in [0.1, 0.15) is 5.54 Å². The topological polar surface area (TPSA) is 72.2 Å². The molecule has 3 aliphatic carbocycles. The smallest absolute Gasteiger partial charge is 0.243 e. The fourth-order valence-corrected chi connectivity index (χ4v) is 5.44. The van der Waals surface area contributed by atoms with Crippen molar-refractivity contribution in [3.63, 3.8) is 0 Å². The highest BCUT2D eigenvalue weighted by atomic mass is 16.2. The fourth-order valence-electron chi connectivity index (χ4n) is 5.44. The summed E-state index contributed by atoms with van der Waals surface area (Å²) in [6.07, 6.45) is 8.77. The van der Waals surface area contributed by atoms with Crippen LogP contribution in [0.25, 0.3) is 0 Å². The molecule has 1 aromatic rings.